The Labute approximate surface area is 133 Å². The van der Waals surface area contributed by atoms with E-state index < -0.39 is 0 Å². The molecular weight excluding hydrogens is 292 g/mol. The lowest BCUT2D eigenvalue weighted by Crippen LogP contribution is -2.07. The predicted octanol–water partition coefficient (Wildman–Crippen LogP) is 2.95. The predicted molar refractivity (Wildman–Crippen MR) is 85.8 cm³/mol. The summed E-state index contributed by atoms with van der Waals surface area (Å²) in [5.41, 5.74) is 2.77. The van der Waals surface area contributed by atoms with Crippen molar-refractivity contribution in [3.05, 3.63) is 36.5 Å². The third-order valence-corrected chi connectivity index (χ3v) is 4.30. The molecule has 2 aromatic heterocycles. The lowest BCUT2D eigenvalue weighted by atomic mass is 10.1. The molecule has 1 N–H and O–H groups in total. The second-order valence-corrected chi connectivity index (χ2v) is 6.02. The summed E-state index contributed by atoms with van der Waals surface area (Å²) in [5.74, 6) is 3.23. The third kappa shape index (κ3) is 2.27. The molecule has 116 valence electrons. The summed E-state index contributed by atoms with van der Waals surface area (Å²) >= 11 is 0. The fraction of sp³-hybridized carbons (Fsp3) is 0.294. The Kier molecular flexibility index (Phi) is 2.70. The average molecular weight is 308 g/mol. The second kappa shape index (κ2) is 4.87. The van der Waals surface area contributed by atoms with Crippen LogP contribution in [0.2, 0.25) is 0 Å². The highest BCUT2D eigenvalue weighted by Crippen LogP contribution is 2.36. The molecule has 23 heavy (non-hydrogen) atoms. The summed E-state index contributed by atoms with van der Waals surface area (Å²) in [5, 5.41) is 8.08. The normalized spacial score (nSPS) is 16.0. The van der Waals surface area contributed by atoms with E-state index in [4.69, 9.17) is 9.47 Å². The van der Waals surface area contributed by atoms with E-state index in [1.807, 2.05) is 41.0 Å². The van der Waals surface area contributed by atoms with Gasteiger partial charge in [0.2, 0.25) is 6.79 Å². The number of nitrogens with one attached hydrogen (secondary N) is 1. The molecule has 1 saturated carbocycles. The summed E-state index contributed by atoms with van der Waals surface area (Å²) in [6.45, 7) is 1.27. The van der Waals surface area contributed by atoms with Gasteiger partial charge in [-0.1, -0.05) is 0 Å². The molecule has 5 rings (SSSR count). The maximum absolute atomic E-state index is 5.46. The zero-order chi connectivity index (χ0) is 15.2. The molecule has 3 aromatic rings. The molecule has 3 heterocycles. The van der Waals surface area contributed by atoms with E-state index in [2.05, 4.69) is 15.4 Å². The molecule has 0 atom stereocenters. The highest BCUT2D eigenvalue weighted by molar-refractivity contribution is 5.67. The molecule has 6 nitrogen and oxygen atoms in total. The molecule has 1 aromatic carbocycles. The van der Waals surface area contributed by atoms with Crippen molar-refractivity contribution in [2.45, 2.75) is 12.8 Å². The van der Waals surface area contributed by atoms with Crippen LogP contribution in [0.15, 0.2) is 36.5 Å². The van der Waals surface area contributed by atoms with E-state index in [-0.39, 0.29) is 6.79 Å². The Hall–Kier alpha value is -2.76. The SMILES string of the molecule is c1cc2c(cc1-c1cnc3ccc(NCC4CC4)nn13)OCO2. The number of fused-ring (bicyclic) bond motifs is 2. The average Bonchev–Trinajstić information content (AvgIpc) is 3.13. The molecule has 0 unspecified atom stereocenters. The third-order valence-electron chi connectivity index (χ3n) is 4.30. The van der Waals surface area contributed by atoms with Crippen molar-refractivity contribution in [2.24, 2.45) is 5.92 Å². The Morgan fingerprint density at radius 1 is 1.13 bits per heavy atom. The standard InChI is InChI=1S/C17H16N4O2/c1-2-11(1)8-18-16-5-6-17-19-9-13(21(17)20-16)12-3-4-14-15(7-12)23-10-22-14/h3-7,9,11H,1-2,8,10H2,(H,18,20). The minimum atomic E-state index is 0.277. The lowest BCUT2D eigenvalue weighted by molar-refractivity contribution is 0.174. The van der Waals surface area contributed by atoms with Crippen molar-refractivity contribution in [1.29, 1.82) is 0 Å². The van der Waals surface area contributed by atoms with Crippen LogP contribution in [-0.4, -0.2) is 27.9 Å². The second-order valence-electron chi connectivity index (χ2n) is 6.02. The van der Waals surface area contributed by atoms with E-state index in [0.29, 0.717) is 0 Å². The first-order valence-electron chi connectivity index (χ1n) is 7.85. The van der Waals surface area contributed by atoms with Crippen molar-refractivity contribution >= 4 is 11.5 Å². The number of benzene rings is 1. The van der Waals surface area contributed by atoms with Gasteiger partial charge in [0.1, 0.15) is 5.82 Å². The van der Waals surface area contributed by atoms with E-state index in [1.54, 1.807) is 0 Å². The molecule has 1 aliphatic carbocycles. The molecular formula is C17H16N4O2. The summed E-state index contributed by atoms with van der Waals surface area (Å²) in [7, 11) is 0. The summed E-state index contributed by atoms with van der Waals surface area (Å²) in [4.78, 5) is 4.44. The van der Waals surface area contributed by atoms with E-state index in [9.17, 15) is 0 Å². The van der Waals surface area contributed by atoms with Crippen LogP contribution in [0.5, 0.6) is 11.5 Å². The number of hydrogen-bond donors (Lipinski definition) is 1. The largest absolute Gasteiger partial charge is 0.454 e. The maximum Gasteiger partial charge on any atom is 0.231 e. The number of hydrogen-bond acceptors (Lipinski definition) is 5. The van der Waals surface area contributed by atoms with Gasteiger partial charge in [-0.3, -0.25) is 0 Å². The zero-order valence-corrected chi connectivity index (χ0v) is 12.5. The number of nitrogens with zero attached hydrogens (tertiary/aromatic N) is 3. The van der Waals surface area contributed by atoms with Crippen LogP contribution in [0.25, 0.3) is 16.9 Å². The Morgan fingerprint density at radius 2 is 2.04 bits per heavy atom. The molecule has 0 amide bonds. The first-order chi connectivity index (χ1) is 11.4. The van der Waals surface area contributed by atoms with Crippen molar-refractivity contribution in [3.63, 3.8) is 0 Å². The maximum atomic E-state index is 5.46. The van der Waals surface area contributed by atoms with Gasteiger partial charge in [0, 0.05) is 12.1 Å². The number of rotatable bonds is 4. The summed E-state index contributed by atoms with van der Waals surface area (Å²) in [6.07, 6.45) is 4.48. The summed E-state index contributed by atoms with van der Waals surface area (Å²) in [6, 6.07) is 9.86. The number of anilines is 1. The van der Waals surface area contributed by atoms with Crippen LogP contribution < -0.4 is 14.8 Å². The Morgan fingerprint density at radius 3 is 2.96 bits per heavy atom. The fourth-order valence-corrected chi connectivity index (χ4v) is 2.79. The lowest BCUT2D eigenvalue weighted by Gasteiger charge is -2.07. The number of ether oxygens (including phenoxy) is 2. The molecule has 6 heteroatoms. The van der Waals surface area contributed by atoms with Crippen molar-refractivity contribution in [2.75, 3.05) is 18.7 Å². The van der Waals surface area contributed by atoms with Gasteiger partial charge in [-0.05, 0) is 49.1 Å². The molecule has 0 saturated heterocycles. The highest BCUT2D eigenvalue weighted by Gasteiger charge is 2.21. The first-order valence-corrected chi connectivity index (χ1v) is 7.85. The van der Waals surface area contributed by atoms with Gasteiger partial charge >= 0.3 is 0 Å². The van der Waals surface area contributed by atoms with E-state index >= 15 is 0 Å². The first kappa shape index (κ1) is 12.8. The zero-order valence-electron chi connectivity index (χ0n) is 12.5. The van der Waals surface area contributed by atoms with Gasteiger partial charge in [-0.15, -0.1) is 5.10 Å². The van der Waals surface area contributed by atoms with Gasteiger partial charge in [-0.2, -0.15) is 0 Å². The molecule has 0 bridgehead atoms. The van der Waals surface area contributed by atoms with Crippen LogP contribution in [0, 0.1) is 5.92 Å². The smallest absolute Gasteiger partial charge is 0.231 e. The van der Waals surface area contributed by atoms with Crippen LogP contribution >= 0.6 is 0 Å². The number of imidazole rings is 1. The van der Waals surface area contributed by atoms with Crippen molar-refractivity contribution in [1.82, 2.24) is 14.6 Å². The molecule has 1 fully saturated rings. The van der Waals surface area contributed by atoms with Crippen LogP contribution in [0.3, 0.4) is 0 Å². The number of aromatic nitrogens is 3. The van der Waals surface area contributed by atoms with Crippen molar-refractivity contribution < 1.29 is 9.47 Å². The van der Waals surface area contributed by atoms with Crippen LogP contribution in [0.1, 0.15) is 12.8 Å². The Bertz CT molecular complexity index is 885. The molecule has 1 aliphatic heterocycles. The highest BCUT2D eigenvalue weighted by atomic mass is 16.7. The van der Waals surface area contributed by atoms with Gasteiger partial charge in [0.15, 0.2) is 17.1 Å². The van der Waals surface area contributed by atoms with E-state index in [0.717, 1.165) is 46.7 Å². The monoisotopic (exact) mass is 308 g/mol. The summed E-state index contributed by atoms with van der Waals surface area (Å²) < 4.78 is 12.7. The van der Waals surface area contributed by atoms with Gasteiger partial charge in [-0.25, -0.2) is 9.50 Å². The molecule has 0 radical (unpaired) electrons. The minimum absolute atomic E-state index is 0.277. The quantitative estimate of drug-likeness (QED) is 0.803. The van der Waals surface area contributed by atoms with Crippen LogP contribution in [0.4, 0.5) is 5.82 Å². The Balaban J connectivity index is 1.53. The van der Waals surface area contributed by atoms with E-state index in [1.165, 1.54) is 12.8 Å². The van der Waals surface area contributed by atoms with Gasteiger partial charge in [0.25, 0.3) is 0 Å². The topological polar surface area (TPSA) is 60.7 Å². The van der Waals surface area contributed by atoms with Crippen LogP contribution in [-0.2, 0) is 0 Å². The molecule has 0 spiro atoms. The fourth-order valence-electron chi connectivity index (χ4n) is 2.79. The van der Waals surface area contributed by atoms with Gasteiger partial charge in [0.05, 0.1) is 11.9 Å². The minimum Gasteiger partial charge on any atom is -0.454 e. The molecule has 2 aliphatic rings. The van der Waals surface area contributed by atoms with Gasteiger partial charge < -0.3 is 14.8 Å². The van der Waals surface area contributed by atoms with Crippen molar-refractivity contribution in [3.8, 4) is 22.8 Å².